The monoisotopic (exact) mass is 310 g/mol. The zero-order valence-electron chi connectivity index (χ0n) is 13.0. The molecule has 0 unspecified atom stereocenters. The van der Waals surface area contributed by atoms with E-state index in [-0.39, 0.29) is 5.63 Å². The molecule has 0 atom stereocenters. The minimum absolute atomic E-state index is 0.381. The topological polar surface area (TPSA) is 48.7 Å². The molecule has 0 bridgehead atoms. The number of rotatable bonds is 6. The van der Waals surface area contributed by atoms with Gasteiger partial charge >= 0.3 is 5.63 Å². The predicted octanol–water partition coefficient (Wildman–Crippen LogP) is 4.16. The first-order valence-corrected chi connectivity index (χ1v) is 7.63. The number of fused-ring (bicyclic) bond motifs is 1. The molecular weight excluding hydrogens is 292 g/mol. The Kier molecular flexibility index (Phi) is 4.62. The van der Waals surface area contributed by atoms with Crippen LogP contribution in [0.15, 0.2) is 63.8 Å². The van der Waals surface area contributed by atoms with E-state index in [2.05, 4.69) is 0 Å². The maximum Gasteiger partial charge on any atom is 0.336 e. The highest BCUT2D eigenvalue weighted by atomic mass is 16.5. The lowest BCUT2D eigenvalue weighted by Crippen LogP contribution is -2.02. The van der Waals surface area contributed by atoms with Gasteiger partial charge in [-0.15, -0.1) is 0 Å². The molecule has 0 fully saturated rings. The van der Waals surface area contributed by atoms with Crippen LogP contribution in [0.1, 0.15) is 18.9 Å². The largest absolute Gasteiger partial charge is 0.490 e. The van der Waals surface area contributed by atoms with Crippen LogP contribution >= 0.6 is 0 Å². The molecule has 4 nitrogen and oxygen atoms in total. The average Bonchev–Trinajstić information content (AvgIpc) is 2.58. The van der Waals surface area contributed by atoms with Crippen molar-refractivity contribution in [3.63, 3.8) is 0 Å². The highest BCUT2D eigenvalue weighted by molar-refractivity contribution is 5.80. The zero-order chi connectivity index (χ0) is 16.1. The molecule has 0 aliphatic rings. The Hall–Kier alpha value is -2.75. The Morgan fingerprint density at radius 3 is 2.52 bits per heavy atom. The predicted molar refractivity (Wildman–Crippen MR) is 89.0 cm³/mol. The molecule has 0 amide bonds. The lowest BCUT2D eigenvalue weighted by Gasteiger charge is -2.13. The molecule has 0 radical (unpaired) electrons. The number of benzene rings is 2. The van der Waals surface area contributed by atoms with Gasteiger partial charge in [-0.1, -0.05) is 37.3 Å². The van der Waals surface area contributed by atoms with E-state index in [0.717, 1.165) is 17.4 Å². The summed E-state index contributed by atoms with van der Waals surface area (Å²) in [6.45, 7) is 3.07. The van der Waals surface area contributed by atoms with Crippen LogP contribution in [-0.4, -0.2) is 6.61 Å². The van der Waals surface area contributed by atoms with E-state index in [1.807, 2.05) is 43.3 Å². The summed E-state index contributed by atoms with van der Waals surface area (Å²) in [5.41, 5.74) is 1.17. The fourth-order valence-corrected chi connectivity index (χ4v) is 2.25. The van der Waals surface area contributed by atoms with Crippen LogP contribution < -0.4 is 15.1 Å². The van der Waals surface area contributed by atoms with Crippen molar-refractivity contribution in [2.75, 3.05) is 6.61 Å². The van der Waals surface area contributed by atoms with E-state index in [0.29, 0.717) is 30.3 Å². The van der Waals surface area contributed by atoms with Crippen molar-refractivity contribution in [3.05, 3.63) is 70.6 Å². The number of hydrogen-bond donors (Lipinski definition) is 0. The molecule has 1 heterocycles. The van der Waals surface area contributed by atoms with E-state index in [9.17, 15) is 4.79 Å². The van der Waals surface area contributed by atoms with Gasteiger partial charge in [-0.05, 0) is 24.1 Å². The van der Waals surface area contributed by atoms with E-state index in [1.54, 1.807) is 12.1 Å². The highest BCUT2D eigenvalue weighted by Gasteiger charge is 2.10. The molecule has 118 valence electrons. The molecule has 3 aromatic rings. The minimum atomic E-state index is -0.381. The van der Waals surface area contributed by atoms with Crippen molar-refractivity contribution < 1.29 is 13.9 Å². The third kappa shape index (κ3) is 3.72. The number of ether oxygens (including phenoxy) is 2. The van der Waals surface area contributed by atoms with Crippen LogP contribution in [0.4, 0.5) is 0 Å². The van der Waals surface area contributed by atoms with Crippen molar-refractivity contribution in [2.45, 2.75) is 20.0 Å². The molecule has 2 aromatic carbocycles. The summed E-state index contributed by atoms with van der Waals surface area (Å²) in [5.74, 6) is 1.23. The summed E-state index contributed by atoms with van der Waals surface area (Å²) >= 11 is 0. The third-order valence-electron chi connectivity index (χ3n) is 3.38. The van der Waals surface area contributed by atoms with E-state index in [4.69, 9.17) is 13.9 Å². The van der Waals surface area contributed by atoms with Crippen molar-refractivity contribution in [3.8, 4) is 11.5 Å². The minimum Gasteiger partial charge on any atom is -0.490 e. The highest BCUT2D eigenvalue weighted by Crippen LogP contribution is 2.32. The first-order chi connectivity index (χ1) is 11.3. The van der Waals surface area contributed by atoms with Gasteiger partial charge in [0.15, 0.2) is 11.5 Å². The average molecular weight is 310 g/mol. The molecule has 3 rings (SSSR count). The standard InChI is InChI=1S/C19H18O4/c1-2-10-21-17-11-15-8-9-19(20)23-16(15)12-18(17)22-13-14-6-4-3-5-7-14/h3-9,11-12H,2,10,13H2,1H3. The fourth-order valence-electron chi connectivity index (χ4n) is 2.25. The fraction of sp³-hybridized carbons (Fsp3) is 0.211. The summed E-state index contributed by atoms with van der Waals surface area (Å²) in [6.07, 6.45) is 0.903. The Bertz CT molecular complexity index is 837. The molecule has 4 heteroatoms. The summed E-state index contributed by atoms with van der Waals surface area (Å²) in [4.78, 5) is 11.4. The van der Waals surface area contributed by atoms with Crippen LogP contribution in [0.5, 0.6) is 11.5 Å². The van der Waals surface area contributed by atoms with Gasteiger partial charge in [-0.25, -0.2) is 4.79 Å². The lowest BCUT2D eigenvalue weighted by molar-refractivity contribution is 0.262. The Balaban J connectivity index is 1.92. The van der Waals surface area contributed by atoms with Crippen LogP contribution in [0, 0.1) is 0 Å². The molecule has 0 aliphatic heterocycles. The van der Waals surface area contributed by atoms with E-state index >= 15 is 0 Å². The molecule has 0 saturated heterocycles. The maximum atomic E-state index is 11.4. The quantitative estimate of drug-likeness (QED) is 0.641. The van der Waals surface area contributed by atoms with Gasteiger partial charge in [0.05, 0.1) is 6.61 Å². The van der Waals surface area contributed by atoms with Gasteiger partial charge < -0.3 is 13.9 Å². The van der Waals surface area contributed by atoms with Crippen molar-refractivity contribution in [1.82, 2.24) is 0 Å². The number of hydrogen-bond acceptors (Lipinski definition) is 4. The van der Waals surface area contributed by atoms with Crippen LogP contribution in [0.2, 0.25) is 0 Å². The van der Waals surface area contributed by atoms with Gasteiger partial charge in [0.25, 0.3) is 0 Å². The second-order valence-corrected chi connectivity index (χ2v) is 5.21. The maximum absolute atomic E-state index is 11.4. The van der Waals surface area contributed by atoms with Gasteiger partial charge in [0.2, 0.25) is 0 Å². The normalized spacial score (nSPS) is 10.7. The summed E-state index contributed by atoms with van der Waals surface area (Å²) < 4.78 is 16.9. The second kappa shape index (κ2) is 7.01. The second-order valence-electron chi connectivity index (χ2n) is 5.21. The van der Waals surface area contributed by atoms with Crippen molar-refractivity contribution in [2.24, 2.45) is 0 Å². The summed E-state index contributed by atoms with van der Waals surface area (Å²) in [7, 11) is 0. The van der Waals surface area contributed by atoms with Gasteiger partial charge in [-0.3, -0.25) is 0 Å². The van der Waals surface area contributed by atoms with Gasteiger partial charge in [-0.2, -0.15) is 0 Å². The molecule has 0 saturated carbocycles. The van der Waals surface area contributed by atoms with Gasteiger partial charge in [0.1, 0.15) is 12.2 Å². The van der Waals surface area contributed by atoms with E-state index in [1.165, 1.54) is 6.07 Å². The molecule has 23 heavy (non-hydrogen) atoms. The van der Waals surface area contributed by atoms with Gasteiger partial charge in [0, 0.05) is 17.5 Å². The lowest BCUT2D eigenvalue weighted by atomic mass is 10.2. The van der Waals surface area contributed by atoms with Crippen molar-refractivity contribution in [1.29, 1.82) is 0 Å². The van der Waals surface area contributed by atoms with Crippen LogP contribution in [-0.2, 0) is 6.61 Å². The van der Waals surface area contributed by atoms with Crippen molar-refractivity contribution >= 4 is 11.0 Å². The Labute approximate surface area is 134 Å². The first kappa shape index (κ1) is 15.2. The summed E-state index contributed by atoms with van der Waals surface area (Å²) in [6, 6.07) is 16.6. The third-order valence-corrected chi connectivity index (χ3v) is 3.38. The zero-order valence-corrected chi connectivity index (χ0v) is 13.0. The smallest absolute Gasteiger partial charge is 0.336 e. The SMILES string of the molecule is CCCOc1cc2ccc(=O)oc2cc1OCc1ccccc1. The molecule has 0 aliphatic carbocycles. The molecule has 1 aromatic heterocycles. The Morgan fingerprint density at radius 1 is 0.957 bits per heavy atom. The molecular formula is C19H18O4. The van der Waals surface area contributed by atoms with E-state index < -0.39 is 0 Å². The van der Waals surface area contributed by atoms with Crippen LogP contribution in [0.25, 0.3) is 11.0 Å². The summed E-state index contributed by atoms with van der Waals surface area (Å²) in [5, 5.41) is 0.808. The molecule has 0 N–H and O–H groups in total. The first-order valence-electron chi connectivity index (χ1n) is 7.63. The molecule has 0 spiro atoms. The van der Waals surface area contributed by atoms with Crippen LogP contribution in [0.3, 0.4) is 0 Å². The Morgan fingerprint density at radius 2 is 1.74 bits per heavy atom.